The minimum atomic E-state index is -0.193. The Morgan fingerprint density at radius 3 is 2.18 bits per heavy atom. The van der Waals surface area contributed by atoms with Gasteiger partial charge < -0.3 is 33.2 Å². The van der Waals surface area contributed by atoms with Gasteiger partial charge >= 0.3 is 0 Å². The summed E-state index contributed by atoms with van der Waals surface area (Å²) in [5, 5.41) is 0. The van der Waals surface area contributed by atoms with Crippen LogP contribution in [0, 0.1) is 6.92 Å². The van der Waals surface area contributed by atoms with Gasteiger partial charge in [-0.2, -0.15) is 0 Å². The Labute approximate surface area is 227 Å². The Morgan fingerprint density at radius 2 is 1.54 bits per heavy atom. The molecule has 0 aliphatic carbocycles. The molecule has 3 aromatic rings. The number of ether oxygens (including phenoxy) is 7. The second-order valence-corrected chi connectivity index (χ2v) is 9.21. The first-order chi connectivity index (χ1) is 18.9. The number of ketones is 1. The van der Waals surface area contributed by atoms with E-state index >= 15 is 0 Å². The molecule has 39 heavy (non-hydrogen) atoms. The molecule has 0 spiro atoms. The number of benzene rings is 3. The molecule has 3 aromatic carbocycles. The fourth-order valence-electron chi connectivity index (χ4n) is 4.97. The highest BCUT2D eigenvalue weighted by Gasteiger charge is 2.34. The molecule has 2 heterocycles. The van der Waals surface area contributed by atoms with E-state index in [4.69, 9.17) is 33.2 Å². The minimum Gasteiger partial charge on any atom is -0.493 e. The zero-order valence-electron chi connectivity index (χ0n) is 22.9. The first-order valence-electron chi connectivity index (χ1n) is 12.4. The van der Waals surface area contributed by atoms with Crippen molar-refractivity contribution in [2.75, 3.05) is 42.3 Å². The zero-order valence-corrected chi connectivity index (χ0v) is 22.9. The molecule has 9 nitrogen and oxygen atoms in total. The van der Waals surface area contributed by atoms with E-state index in [1.165, 1.54) is 0 Å². The van der Waals surface area contributed by atoms with Crippen molar-refractivity contribution in [3.63, 3.8) is 0 Å². The van der Waals surface area contributed by atoms with Crippen LogP contribution in [0.5, 0.6) is 40.2 Å². The van der Waals surface area contributed by atoms with Crippen LogP contribution in [-0.2, 0) is 13.1 Å². The van der Waals surface area contributed by atoms with E-state index in [0.717, 1.165) is 22.4 Å². The Kier molecular flexibility index (Phi) is 7.26. The van der Waals surface area contributed by atoms with Crippen molar-refractivity contribution >= 4 is 11.9 Å². The van der Waals surface area contributed by atoms with Crippen molar-refractivity contribution < 1.29 is 38.0 Å². The summed E-state index contributed by atoms with van der Waals surface area (Å²) in [6, 6.07) is 11.3. The molecule has 204 valence electrons. The van der Waals surface area contributed by atoms with Gasteiger partial charge in [-0.25, -0.2) is 0 Å². The Balaban J connectivity index is 1.41. The van der Waals surface area contributed by atoms with Crippen LogP contribution < -0.4 is 33.2 Å². The van der Waals surface area contributed by atoms with Crippen LogP contribution in [0.2, 0.25) is 0 Å². The minimum absolute atomic E-state index is 0.193. The average Bonchev–Trinajstić information content (AvgIpc) is 3.27. The number of fused-ring (bicyclic) bond motifs is 2. The highest BCUT2D eigenvalue weighted by molar-refractivity contribution is 6.15. The van der Waals surface area contributed by atoms with Crippen molar-refractivity contribution in [2.45, 2.75) is 20.0 Å². The molecule has 0 unspecified atom stereocenters. The number of carbonyl (C=O) groups is 1. The van der Waals surface area contributed by atoms with Crippen molar-refractivity contribution in [2.24, 2.45) is 0 Å². The molecule has 2 aliphatic heterocycles. The van der Waals surface area contributed by atoms with E-state index in [2.05, 4.69) is 4.90 Å². The maximum Gasteiger partial charge on any atom is 0.231 e. The number of carbonyl (C=O) groups excluding carboxylic acids is 1. The summed E-state index contributed by atoms with van der Waals surface area (Å²) in [6.07, 6.45) is 1.68. The van der Waals surface area contributed by atoms with Gasteiger partial charge in [-0.1, -0.05) is 6.07 Å². The lowest BCUT2D eigenvalue weighted by molar-refractivity contribution is 0.0876. The molecule has 0 N–H and O–H groups in total. The molecule has 0 saturated heterocycles. The van der Waals surface area contributed by atoms with Gasteiger partial charge in [0.1, 0.15) is 18.2 Å². The fraction of sp³-hybridized carbons (Fsp3) is 0.300. The molecule has 5 rings (SSSR count). The van der Waals surface area contributed by atoms with Crippen molar-refractivity contribution in [3.05, 3.63) is 70.0 Å². The topological polar surface area (TPSA) is 84.9 Å². The van der Waals surface area contributed by atoms with Gasteiger partial charge in [-0.05, 0) is 54.5 Å². The van der Waals surface area contributed by atoms with E-state index in [1.807, 2.05) is 31.2 Å². The summed E-state index contributed by atoms with van der Waals surface area (Å²) in [5.41, 5.74) is 3.99. The maximum absolute atomic E-state index is 13.4. The smallest absolute Gasteiger partial charge is 0.231 e. The summed E-state index contributed by atoms with van der Waals surface area (Å²) < 4.78 is 39.3. The van der Waals surface area contributed by atoms with Gasteiger partial charge in [0, 0.05) is 24.2 Å². The molecule has 0 amide bonds. The van der Waals surface area contributed by atoms with E-state index < -0.39 is 0 Å². The summed E-state index contributed by atoms with van der Waals surface area (Å²) >= 11 is 0. The number of rotatable bonds is 8. The molecular weight excluding hydrogens is 502 g/mol. The lowest BCUT2D eigenvalue weighted by Gasteiger charge is -2.30. The summed E-state index contributed by atoms with van der Waals surface area (Å²) in [4.78, 5) is 15.6. The molecule has 0 bridgehead atoms. The van der Waals surface area contributed by atoms with Crippen LogP contribution in [0.4, 0.5) is 0 Å². The van der Waals surface area contributed by atoms with Gasteiger partial charge in [-0.3, -0.25) is 9.69 Å². The average molecular weight is 534 g/mol. The third kappa shape index (κ3) is 4.81. The quantitative estimate of drug-likeness (QED) is 0.371. The van der Waals surface area contributed by atoms with Gasteiger partial charge in [-0.15, -0.1) is 0 Å². The number of hydrogen-bond donors (Lipinski definition) is 0. The zero-order chi connectivity index (χ0) is 27.7. The van der Waals surface area contributed by atoms with Crippen LogP contribution in [0.1, 0.15) is 32.6 Å². The van der Waals surface area contributed by atoms with Crippen LogP contribution in [0.15, 0.2) is 42.2 Å². The molecular formula is C30H31NO8. The third-order valence-electron chi connectivity index (χ3n) is 6.84. The first-order valence-corrected chi connectivity index (χ1v) is 12.4. The largest absolute Gasteiger partial charge is 0.493 e. The SMILES string of the molecule is COc1ccc(CN2COc3c(cc4c(c3C)O/C(=C\c3cc(OC)c(OC)c(OC)c3)C4=O)C2)cc1OC. The first kappa shape index (κ1) is 26.2. The molecule has 9 heteroatoms. The standard InChI is InChI=1S/C30H31NO8/c1-17-28-20(15-31(16-38-28)14-18-7-8-22(33-2)23(9-18)34-3)13-21-27(32)24(39-29(17)21)10-19-11-25(35-4)30(37-6)26(12-19)36-5/h7-13H,14-16H2,1-6H3/b24-10-. The molecule has 2 aliphatic rings. The second-order valence-electron chi connectivity index (χ2n) is 9.21. The number of hydrogen-bond acceptors (Lipinski definition) is 9. The van der Waals surface area contributed by atoms with Gasteiger partial charge in [0.2, 0.25) is 11.5 Å². The molecule has 0 saturated carbocycles. The molecule has 0 fully saturated rings. The lowest BCUT2D eigenvalue weighted by Crippen LogP contribution is -2.32. The number of Topliss-reactive ketones (excluding diaryl/α,β-unsaturated/α-hetero) is 1. The normalized spacial score (nSPS) is 15.2. The van der Waals surface area contributed by atoms with Gasteiger partial charge in [0.25, 0.3) is 0 Å². The van der Waals surface area contributed by atoms with E-state index in [0.29, 0.717) is 65.4 Å². The summed E-state index contributed by atoms with van der Waals surface area (Å²) in [5.74, 6) is 4.10. The van der Waals surface area contributed by atoms with Crippen LogP contribution in [-0.4, -0.2) is 53.0 Å². The van der Waals surface area contributed by atoms with E-state index in [1.54, 1.807) is 53.8 Å². The maximum atomic E-state index is 13.4. The summed E-state index contributed by atoms with van der Waals surface area (Å²) in [6.45, 7) is 3.59. The van der Waals surface area contributed by atoms with Crippen LogP contribution in [0.25, 0.3) is 6.08 Å². The van der Waals surface area contributed by atoms with E-state index in [-0.39, 0.29) is 11.5 Å². The highest BCUT2D eigenvalue weighted by atomic mass is 16.5. The number of allylic oxidation sites excluding steroid dienone is 1. The van der Waals surface area contributed by atoms with E-state index in [9.17, 15) is 4.79 Å². The van der Waals surface area contributed by atoms with Gasteiger partial charge in [0.15, 0.2) is 28.8 Å². The Bertz CT molecular complexity index is 1440. The highest BCUT2D eigenvalue weighted by Crippen LogP contribution is 2.44. The number of methoxy groups -OCH3 is 5. The monoisotopic (exact) mass is 533 g/mol. The van der Waals surface area contributed by atoms with Crippen molar-refractivity contribution in [1.82, 2.24) is 4.90 Å². The molecule has 0 aromatic heterocycles. The summed E-state index contributed by atoms with van der Waals surface area (Å²) in [7, 11) is 7.87. The second kappa shape index (κ2) is 10.8. The molecule has 0 atom stereocenters. The third-order valence-corrected chi connectivity index (χ3v) is 6.84. The van der Waals surface area contributed by atoms with Crippen molar-refractivity contribution in [3.8, 4) is 40.2 Å². The lowest BCUT2D eigenvalue weighted by atomic mass is 9.99. The molecule has 0 radical (unpaired) electrons. The number of nitrogens with zero attached hydrogens (tertiary/aromatic N) is 1. The van der Waals surface area contributed by atoms with Crippen molar-refractivity contribution in [1.29, 1.82) is 0 Å². The Morgan fingerprint density at radius 1 is 0.846 bits per heavy atom. The fourth-order valence-corrected chi connectivity index (χ4v) is 4.97. The Hall–Kier alpha value is -4.37. The van der Waals surface area contributed by atoms with Crippen LogP contribution >= 0.6 is 0 Å². The predicted molar refractivity (Wildman–Crippen MR) is 145 cm³/mol. The van der Waals surface area contributed by atoms with Crippen LogP contribution in [0.3, 0.4) is 0 Å². The predicted octanol–water partition coefficient (Wildman–Crippen LogP) is 5.01. The van der Waals surface area contributed by atoms with Gasteiger partial charge in [0.05, 0.1) is 41.1 Å².